The van der Waals surface area contributed by atoms with Crippen LogP contribution in [0.25, 0.3) is 0 Å². The van der Waals surface area contributed by atoms with Gasteiger partial charge in [0.25, 0.3) is 0 Å². The van der Waals surface area contributed by atoms with Gasteiger partial charge in [0.05, 0.1) is 11.4 Å². The Hall–Kier alpha value is -1.48. The SMILES string of the molecule is Cc1ccc2c(c1)NC(CS(=O)(=O)N1CCCCC1)(C(F)(F)F)N2. The van der Waals surface area contributed by atoms with Crippen molar-refractivity contribution in [3.8, 4) is 0 Å². The van der Waals surface area contributed by atoms with Gasteiger partial charge in [-0.05, 0) is 37.5 Å². The molecule has 3 rings (SSSR count). The van der Waals surface area contributed by atoms with Crippen molar-refractivity contribution < 1.29 is 21.6 Å². The number of alkyl halides is 3. The van der Waals surface area contributed by atoms with Crippen LogP contribution in [0.3, 0.4) is 0 Å². The molecular formula is C15H20F3N3O2S. The van der Waals surface area contributed by atoms with Gasteiger partial charge in [-0.2, -0.15) is 13.2 Å². The lowest BCUT2D eigenvalue weighted by atomic mass is 10.2. The van der Waals surface area contributed by atoms with Gasteiger partial charge in [0.15, 0.2) is 0 Å². The van der Waals surface area contributed by atoms with E-state index in [-0.39, 0.29) is 24.5 Å². The average molecular weight is 363 g/mol. The number of benzene rings is 1. The van der Waals surface area contributed by atoms with Crippen molar-refractivity contribution in [3.05, 3.63) is 23.8 Å². The lowest BCUT2D eigenvalue weighted by Gasteiger charge is -2.35. The molecule has 0 aromatic heterocycles. The zero-order valence-electron chi connectivity index (χ0n) is 13.3. The first kappa shape index (κ1) is 17.3. The highest BCUT2D eigenvalue weighted by Gasteiger charge is 2.60. The van der Waals surface area contributed by atoms with E-state index in [4.69, 9.17) is 0 Å². The Labute approximate surface area is 139 Å². The van der Waals surface area contributed by atoms with Crippen molar-refractivity contribution >= 4 is 21.4 Å². The Morgan fingerprint density at radius 1 is 1.12 bits per heavy atom. The molecule has 5 nitrogen and oxygen atoms in total. The van der Waals surface area contributed by atoms with Crippen LogP contribution in [0.4, 0.5) is 24.5 Å². The average Bonchev–Trinajstić information content (AvgIpc) is 2.85. The molecule has 0 spiro atoms. The van der Waals surface area contributed by atoms with Crippen molar-refractivity contribution in [1.29, 1.82) is 0 Å². The summed E-state index contributed by atoms with van der Waals surface area (Å²) in [6.07, 6.45) is -2.52. The van der Waals surface area contributed by atoms with Gasteiger partial charge in [0.1, 0.15) is 5.75 Å². The minimum absolute atomic E-state index is 0.256. The summed E-state index contributed by atoms with van der Waals surface area (Å²) in [7, 11) is -4.05. The summed E-state index contributed by atoms with van der Waals surface area (Å²) >= 11 is 0. The number of piperidine rings is 1. The van der Waals surface area contributed by atoms with Gasteiger partial charge >= 0.3 is 6.18 Å². The second-order valence-electron chi connectivity index (χ2n) is 6.42. The molecule has 2 heterocycles. The molecule has 1 saturated heterocycles. The fourth-order valence-electron chi connectivity index (χ4n) is 3.17. The fourth-order valence-corrected chi connectivity index (χ4v) is 5.02. The van der Waals surface area contributed by atoms with E-state index in [0.717, 1.165) is 12.0 Å². The third-order valence-corrected chi connectivity index (χ3v) is 6.41. The highest BCUT2D eigenvalue weighted by Crippen LogP contribution is 2.44. The number of halogens is 3. The minimum Gasteiger partial charge on any atom is -0.353 e. The summed E-state index contributed by atoms with van der Waals surface area (Å²) in [4.78, 5) is 0. The van der Waals surface area contributed by atoms with Crippen LogP contribution in [-0.4, -0.2) is 43.4 Å². The number of aryl methyl sites for hydroxylation is 1. The first-order chi connectivity index (χ1) is 11.1. The Morgan fingerprint density at radius 3 is 2.38 bits per heavy atom. The summed E-state index contributed by atoms with van der Waals surface area (Å²) in [6, 6.07) is 4.78. The van der Waals surface area contributed by atoms with E-state index in [1.165, 1.54) is 10.4 Å². The summed E-state index contributed by atoms with van der Waals surface area (Å²) in [6.45, 7) is 2.32. The lowest BCUT2D eigenvalue weighted by molar-refractivity contribution is -0.163. The Kier molecular flexibility index (Phi) is 4.19. The van der Waals surface area contributed by atoms with Crippen LogP contribution in [0.15, 0.2) is 18.2 Å². The van der Waals surface area contributed by atoms with Gasteiger partial charge < -0.3 is 10.6 Å². The molecule has 1 atom stereocenters. The van der Waals surface area contributed by atoms with Crippen LogP contribution in [0.5, 0.6) is 0 Å². The van der Waals surface area contributed by atoms with E-state index < -0.39 is 27.6 Å². The molecule has 0 saturated carbocycles. The molecule has 9 heteroatoms. The summed E-state index contributed by atoms with van der Waals surface area (Å²) in [5, 5.41) is 4.75. The predicted molar refractivity (Wildman–Crippen MR) is 86.4 cm³/mol. The topological polar surface area (TPSA) is 61.4 Å². The molecule has 0 aliphatic carbocycles. The van der Waals surface area contributed by atoms with Crippen LogP contribution in [0.2, 0.25) is 0 Å². The molecule has 1 unspecified atom stereocenters. The second kappa shape index (κ2) is 5.80. The van der Waals surface area contributed by atoms with E-state index in [1.54, 1.807) is 19.1 Å². The zero-order valence-corrected chi connectivity index (χ0v) is 14.1. The Morgan fingerprint density at radius 2 is 1.75 bits per heavy atom. The van der Waals surface area contributed by atoms with Gasteiger partial charge in [0.2, 0.25) is 15.7 Å². The van der Waals surface area contributed by atoms with E-state index in [9.17, 15) is 21.6 Å². The maximum atomic E-state index is 13.8. The van der Waals surface area contributed by atoms with Crippen LogP contribution >= 0.6 is 0 Å². The highest BCUT2D eigenvalue weighted by molar-refractivity contribution is 7.89. The molecule has 0 amide bonds. The number of rotatable bonds is 3. The number of nitrogens with one attached hydrogen (secondary N) is 2. The van der Waals surface area contributed by atoms with E-state index >= 15 is 0 Å². The number of anilines is 2. The first-order valence-electron chi connectivity index (χ1n) is 7.85. The minimum atomic E-state index is -4.78. The number of fused-ring (bicyclic) bond motifs is 1. The molecular weight excluding hydrogens is 343 g/mol. The van der Waals surface area contributed by atoms with Gasteiger partial charge in [-0.25, -0.2) is 12.7 Å². The van der Waals surface area contributed by atoms with Gasteiger partial charge in [-0.1, -0.05) is 12.5 Å². The van der Waals surface area contributed by atoms with Crippen LogP contribution in [0.1, 0.15) is 24.8 Å². The third kappa shape index (κ3) is 3.06. The fraction of sp³-hybridized carbons (Fsp3) is 0.600. The predicted octanol–water partition coefficient (Wildman–Crippen LogP) is 2.91. The number of nitrogens with zero attached hydrogens (tertiary/aromatic N) is 1. The van der Waals surface area contributed by atoms with Crippen LogP contribution in [0, 0.1) is 6.92 Å². The normalized spacial score (nSPS) is 25.0. The molecule has 0 radical (unpaired) electrons. The quantitative estimate of drug-likeness (QED) is 0.867. The smallest absolute Gasteiger partial charge is 0.353 e. The monoisotopic (exact) mass is 363 g/mol. The number of hydrogen-bond acceptors (Lipinski definition) is 4. The maximum Gasteiger partial charge on any atom is 0.431 e. The molecule has 134 valence electrons. The van der Waals surface area contributed by atoms with Crippen molar-refractivity contribution in [1.82, 2.24) is 4.31 Å². The van der Waals surface area contributed by atoms with E-state index in [0.29, 0.717) is 12.8 Å². The molecule has 1 aromatic carbocycles. The molecule has 2 N–H and O–H groups in total. The van der Waals surface area contributed by atoms with Crippen molar-refractivity contribution in [2.24, 2.45) is 0 Å². The largest absolute Gasteiger partial charge is 0.431 e. The number of hydrogen-bond donors (Lipinski definition) is 2. The third-order valence-electron chi connectivity index (χ3n) is 4.46. The van der Waals surface area contributed by atoms with Crippen molar-refractivity contribution in [2.45, 2.75) is 38.0 Å². The molecule has 1 aromatic rings. The molecule has 2 aliphatic rings. The molecule has 1 fully saturated rings. The Balaban J connectivity index is 1.92. The summed E-state index contributed by atoms with van der Waals surface area (Å²) in [5.41, 5.74) is -1.40. The second-order valence-corrected chi connectivity index (χ2v) is 8.39. The summed E-state index contributed by atoms with van der Waals surface area (Å²) < 4.78 is 67.6. The van der Waals surface area contributed by atoms with Crippen molar-refractivity contribution in [2.75, 3.05) is 29.5 Å². The first-order valence-corrected chi connectivity index (χ1v) is 9.45. The van der Waals surface area contributed by atoms with Crippen LogP contribution in [-0.2, 0) is 10.0 Å². The lowest BCUT2D eigenvalue weighted by Crippen LogP contribution is -2.61. The molecule has 0 bridgehead atoms. The number of sulfonamides is 1. The van der Waals surface area contributed by atoms with Crippen molar-refractivity contribution in [3.63, 3.8) is 0 Å². The van der Waals surface area contributed by atoms with Gasteiger partial charge in [-0.3, -0.25) is 0 Å². The highest BCUT2D eigenvalue weighted by atomic mass is 32.2. The van der Waals surface area contributed by atoms with Crippen LogP contribution < -0.4 is 10.6 Å². The Bertz CT molecular complexity index is 730. The van der Waals surface area contributed by atoms with Gasteiger partial charge in [0, 0.05) is 13.1 Å². The molecule has 24 heavy (non-hydrogen) atoms. The molecule has 2 aliphatic heterocycles. The standard InChI is InChI=1S/C15H20F3N3O2S/c1-11-5-6-12-13(9-11)20-14(19-12,15(16,17)18)10-24(22,23)21-7-3-2-4-8-21/h5-6,9,19-20H,2-4,7-8,10H2,1H3. The summed E-state index contributed by atoms with van der Waals surface area (Å²) in [5.74, 6) is -1.07. The zero-order chi connectivity index (χ0) is 17.6. The maximum absolute atomic E-state index is 13.8. The van der Waals surface area contributed by atoms with Gasteiger partial charge in [-0.15, -0.1) is 0 Å². The van der Waals surface area contributed by atoms with E-state index in [1.807, 2.05) is 0 Å². The van der Waals surface area contributed by atoms with E-state index in [2.05, 4.69) is 10.6 Å².